The Kier molecular flexibility index (Phi) is 5.97. The lowest BCUT2D eigenvalue weighted by Crippen LogP contribution is -2.33. The monoisotopic (exact) mass is 406 g/mol. The van der Waals surface area contributed by atoms with Crippen LogP contribution in [0.3, 0.4) is 0 Å². The molecule has 1 fully saturated rings. The zero-order valence-electron chi connectivity index (χ0n) is 17.3. The van der Waals surface area contributed by atoms with Crippen LogP contribution in [-0.4, -0.2) is 39.8 Å². The van der Waals surface area contributed by atoms with Gasteiger partial charge >= 0.3 is 0 Å². The number of hydrogen-bond acceptors (Lipinski definition) is 5. The molecule has 156 valence electrons. The zero-order chi connectivity index (χ0) is 20.9. The van der Waals surface area contributed by atoms with Crippen molar-refractivity contribution in [2.75, 3.05) is 14.2 Å². The van der Waals surface area contributed by atoms with Crippen molar-refractivity contribution in [1.29, 1.82) is 0 Å². The van der Waals surface area contributed by atoms with Gasteiger partial charge in [0.05, 0.1) is 38.1 Å². The van der Waals surface area contributed by atoms with Gasteiger partial charge in [-0.05, 0) is 43.2 Å². The number of benzene rings is 1. The topological polar surface area (TPSA) is 69.5 Å². The Bertz CT molecular complexity index is 981. The molecule has 2 aromatic heterocycles. The number of nitrogens with zero attached hydrogens (tertiary/aromatic N) is 4. The number of pyridine rings is 1. The summed E-state index contributed by atoms with van der Waals surface area (Å²) in [7, 11) is 3.30. The molecular weight excluding hydrogens is 380 g/mol. The van der Waals surface area contributed by atoms with Gasteiger partial charge in [-0.2, -0.15) is 5.10 Å². The van der Waals surface area contributed by atoms with Crippen molar-refractivity contribution in [3.05, 3.63) is 66.1 Å². The average molecular weight is 406 g/mol. The fraction of sp³-hybridized carbons (Fsp3) is 0.348. The summed E-state index contributed by atoms with van der Waals surface area (Å²) in [5, 5.41) is 4.25. The number of carbonyl (C=O) groups is 1. The fourth-order valence-electron chi connectivity index (χ4n) is 4.06. The van der Waals surface area contributed by atoms with Gasteiger partial charge in [0.1, 0.15) is 11.5 Å². The summed E-state index contributed by atoms with van der Waals surface area (Å²) in [6.45, 7) is 0.416. The van der Waals surface area contributed by atoms with E-state index in [4.69, 9.17) is 14.5 Å². The molecule has 1 aliphatic heterocycles. The maximum absolute atomic E-state index is 13.1. The normalized spacial score (nSPS) is 16.9. The SMILES string of the molecule is COc1cccc(OC)c1C1CCCCC(=O)N1Cc1cccc(-n2cccn2)n1. The highest BCUT2D eigenvalue weighted by Gasteiger charge is 2.32. The van der Waals surface area contributed by atoms with Crippen LogP contribution in [-0.2, 0) is 11.3 Å². The molecule has 30 heavy (non-hydrogen) atoms. The lowest BCUT2D eigenvalue weighted by Gasteiger charge is -2.32. The van der Waals surface area contributed by atoms with Crippen LogP contribution in [0.15, 0.2) is 54.9 Å². The third-order valence-electron chi connectivity index (χ3n) is 5.48. The van der Waals surface area contributed by atoms with Crippen molar-refractivity contribution >= 4 is 5.91 Å². The minimum absolute atomic E-state index is 0.122. The minimum atomic E-state index is -0.138. The lowest BCUT2D eigenvalue weighted by atomic mass is 9.98. The standard InChI is InChI=1S/C23H26N4O3/c1-29-19-10-6-11-20(30-2)23(19)18-9-3-4-13-22(28)26(18)16-17-8-5-12-21(25-17)27-15-7-14-24-27/h5-8,10-12,14-15,18H,3-4,9,13,16H2,1-2H3. The number of methoxy groups -OCH3 is 2. The number of likely N-dealkylation sites (tertiary alicyclic amines) is 1. The smallest absolute Gasteiger partial charge is 0.223 e. The first-order chi connectivity index (χ1) is 14.7. The van der Waals surface area contributed by atoms with E-state index < -0.39 is 0 Å². The highest BCUT2D eigenvalue weighted by molar-refractivity contribution is 5.77. The summed E-state index contributed by atoms with van der Waals surface area (Å²) in [5.41, 5.74) is 1.73. The van der Waals surface area contributed by atoms with Crippen molar-refractivity contribution in [2.24, 2.45) is 0 Å². The van der Waals surface area contributed by atoms with Crippen LogP contribution in [0.1, 0.15) is 43.0 Å². The molecule has 1 amide bonds. The van der Waals surface area contributed by atoms with Crippen molar-refractivity contribution in [3.8, 4) is 17.3 Å². The van der Waals surface area contributed by atoms with Crippen molar-refractivity contribution in [2.45, 2.75) is 38.3 Å². The molecule has 0 N–H and O–H groups in total. The third kappa shape index (κ3) is 4.01. The molecule has 1 aliphatic rings. The Hall–Kier alpha value is -3.35. The van der Waals surface area contributed by atoms with E-state index in [9.17, 15) is 4.79 Å². The predicted octanol–water partition coefficient (Wildman–Crippen LogP) is 3.93. The molecule has 3 heterocycles. The summed E-state index contributed by atoms with van der Waals surface area (Å²) in [5.74, 6) is 2.32. The molecule has 1 unspecified atom stereocenters. The van der Waals surface area contributed by atoms with Crippen LogP contribution in [0.25, 0.3) is 5.82 Å². The number of aromatic nitrogens is 3. The summed E-state index contributed by atoms with van der Waals surface area (Å²) < 4.78 is 13.0. The van der Waals surface area contributed by atoms with Crippen molar-refractivity contribution in [1.82, 2.24) is 19.7 Å². The highest BCUT2D eigenvalue weighted by atomic mass is 16.5. The number of hydrogen-bond donors (Lipinski definition) is 0. The van der Waals surface area contributed by atoms with Crippen LogP contribution in [0, 0.1) is 0 Å². The molecule has 4 rings (SSSR count). The first-order valence-corrected chi connectivity index (χ1v) is 10.2. The lowest BCUT2D eigenvalue weighted by molar-refractivity contribution is -0.133. The molecule has 1 atom stereocenters. The zero-order valence-corrected chi connectivity index (χ0v) is 17.3. The van der Waals surface area contributed by atoms with E-state index in [1.807, 2.05) is 53.6 Å². The van der Waals surface area contributed by atoms with Gasteiger partial charge in [-0.15, -0.1) is 0 Å². The largest absolute Gasteiger partial charge is 0.496 e. The average Bonchev–Trinajstić information content (AvgIpc) is 3.26. The van der Waals surface area contributed by atoms with E-state index in [0.29, 0.717) is 13.0 Å². The molecule has 3 aromatic rings. The van der Waals surface area contributed by atoms with Crippen molar-refractivity contribution < 1.29 is 14.3 Å². The molecule has 7 heteroatoms. The Morgan fingerprint density at radius 1 is 1.03 bits per heavy atom. The van der Waals surface area contributed by atoms with Gasteiger partial charge in [-0.3, -0.25) is 4.79 Å². The van der Waals surface area contributed by atoms with Crippen LogP contribution in [0.4, 0.5) is 0 Å². The van der Waals surface area contributed by atoms with Gasteiger partial charge in [-0.25, -0.2) is 9.67 Å². The fourth-order valence-corrected chi connectivity index (χ4v) is 4.06. The Balaban J connectivity index is 1.71. The van der Waals surface area contributed by atoms with Crippen LogP contribution < -0.4 is 9.47 Å². The van der Waals surface area contributed by atoms with E-state index in [-0.39, 0.29) is 11.9 Å². The molecule has 0 bridgehead atoms. The number of rotatable bonds is 6. The Morgan fingerprint density at radius 3 is 2.50 bits per heavy atom. The second-order valence-corrected chi connectivity index (χ2v) is 7.30. The van der Waals surface area contributed by atoms with Gasteiger partial charge in [0.25, 0.3) is 0 Å². The van der Waals surface area contributed by atoms with E-state index >= 15 is 0 Å². The van der Waals surface area contributed by atoms with Gasteiger partial charge in [0, 0.05) is 18.8 Å². The first kappa shape index (κ1) is 19.9. The Morgan fingerprint density at radius 2 is 1.80 bits per heavy atom. The summed E-state index contributed by atoms with van der Waals surface area (Å²) >= 11 is 0. The van der Waals surface area contributed by atoms with Gasteiger partial charge < -0.3 is 14.4 Å². The molecule has 1 saturated heterocycles. The van der Waals surface area contributed by atoms with Gasteiger partial charge in [0.15, 0.2) is 5.82 Å². The Labute approximate surface area is 176 Å². The summed E-state index contributed by atoms with van der Waals surface area (Å²) in [6.07, 6.45) is 6.80. The molecule has 0 radical (unpaired) electrons. The van der Waals surface area contributed by atoms with E-state index in [0.717, 1.165) is 47.8 Å². The number of amides is 1. The third-order valence-corrected chi connectivity index (χ3v) is 5.48. The van der Waals surface area contributed by atoms with E-state index in [1.165, 1.54) is 0 Å². The number of ether oxygens (including phenoxy) is 2. The van der Waals surface area contributed by atoms with Gasteiger partial charge in [0.2, 0.25) is 5.91 Å². The van der Waals surface area contributed by atoms with Crippen LogP contribution >= 0.6 is 0 Å². The quantitative estimate of drug-likeness (QED) is 0.620. The first-order valence-electron chi connectivity index (χ1n) is 10.2. The minimum Gasteiger partial charge on any atom is -0.496 e. The van der Waals surface area contributed by atoms with Gasteiger partial charge in [-0.1, -0.05) is 18.6 Å². The molecule has 7 nitrogen and oxygen atoms in total. The number of carbonyl (C=O) groups excluding carboxylic acids is 1. The predicted molar refractivity (Wildman–Crippen MR) is 113 cm³/mol. The van der Waals surface area contributed by atoms with Crippen LogP contribution in [0.2, 0.25) is 0 Å². The van der Waals surface area contributed by atoms with Crippen LogP contribution in [0.5, 0.6) is 11.5 Å². The summed E-state index contributed by atoms with van der Waals surface area (Å²) in [6, 6.07) is 13.3. The highest BCUT2D eigenvalue weighted by Crippen LogP contribution is 2.41. The summed E-state index contributed by atoms with van der Waals surface area (Å²) in [4.78, 5) is 19.8. The van der Waals surface area contributed by atoms with E-state index in [2.05, 4.69) is 5.10 Å². The molecular formula is C23H26N4O3. The molecule has 0 aliphatic carbocycles. The molecule has 1 aromatic carbocycles. The van der Waals surface area contributed by atoms with E-state index in [1.54, 1.807) is 25.1 Å². The second-order valence-electron chi connectivity index (χ2n) is 7.30. The van der Waals surface area contributed by atoms with Crippen molar-refractivity contribution in [3.63, 3.8) is 0 Å². The molecule has 0 spiro atoms. The second kappa shape index (κ2) is 8.98. The maximum Gasteiger partial charge on any atom is 0.223 e. The molecule has 0 saturated carbocycles. The maximum atomic E-state index is 13.1.